The molecule has 9 aromatic heterocycles. The lowest BCUT2D eigenvalue weighted by molar-refractivity contribution is 0.00578. The van der Waals surface area contributed by atoms with Crippen LogP contribution in [0.1, 0.15) is 88.6 Å². The summed E-state index contributed by atoms with van der Waals surface area (Å²) in [4.78, 5) is 11.3. The van der Waals surface area contributed by atoms with E-state index in [4.69, 9.17) is 67.6 Å². The van der Waals surface area contributed by atoms with Crippen molar-refractivity contribution >= 4 is 202 Å². The van der Waals surface area contributed by atoms with Gasteiger partial charge in [-0.2, -0.15) is 20.4 Å². The Hall–Kier alpha value is -8.38. The van der Waals surface area contributed by atoms with Crippen molar-refractivity contribution in [1.29, 1.82) is 0 Å². The number of alkyl halides is 1. The van der Waals surface area contributed by atoms with Gasteiger partial charge in [0, 0.05) is 166 Å². The molecule has 0 atom stereocenters. The normalized spacial score (nSPS) is 14.8. The molecule has 11 N–H and O–H groups in total. The van der Waals surface area contributed by atoms with Crippen molar-refractivity contribution in [1.82, 2.24) is 54.2 Å². The Bertz CT molecular complexity index is 6390. The number of nitrogens with two attached hydrogens (primary N) is 4. The first-order chi connectivity index (χ1) is 62.1. The topological polar surface area (TPSA) is 354 Å². The van der Waals surface area contributed by atoms with Crippen LogP contribution in [-0.4, -0.2) is 155 Å². The molecule has 25 nitrogen and oxygen atoms in total. The number of anilines is 4. The first-order valence-corrected chi connectivity index (χ1v) is 48.7. The van der Waals surface area contributed by atoms with Crippen molar-refractivity contribution in [3.63, 3.8) is 0 Å². The number of nitrogens with one attached hydrogen (secondary N) is 1. The lowest BCUT2D eigenvalue weighted by atomic mass is 9.74. The summed E-state index contributed by atoms with van der Waals surface area (Å²) in [6.45, 7) is 25.6. The third-order valence-electron chi connectivity index (χ3n) is 19.6. The van der Waals surface area contributed by atoms with E-state index in [9.17, 15) is 39.9 Å². The fraction of sp³-hybridized carbons (Fsp3) is 0.286. The first-order valence-electron chi connectivity index (χ1n) is 40.8. The summed E-state index contributed by atoms with van der Waals surface area (Å²) < 4.78 is 150. The molecule has 3 aliphatic rings. The second-order valence-electron chi connectivity index (χ2n) is 35.1. The molecule has 0 amide bonds. The average molecular weight is 2350 g/mol. The van der Waals surface area contributed by atoms with Gasteiger partial charge in [0.2, 0.25) is 0 Å². The van der Waals surface area contributed by atoms with Crippen LogP contribution in [0.15, 0.2) is 220 Å². The summed E-state index contributed by atoms with van der Waals surface area (Å²) in [6, 6.07) is 36.7. The van der Waals surface area contributed by atoms with Crippen LogP contribution in [0.2, 0.25) is 0 Å². The van der Waals surface area contributed by atoms with Gasteiger partial charge in [0.25, 0.3) is 0 Å². The van der Waals surface area contributed by atoms with Crippen molar-refractivity contribution in [2.45, 2.75) is 118 Å². The molecule has 0 aliphatic carbocycles. The second kappa shape index (κ2) is 45.7. The number of sulfone groups is 1. The molecule has 0 unspecified atom stereocenters. The van der Waals surface area contributed by atoms with Crippen molar-refractivity contribution in [2.75, 3.05) is 61.5 Å². The monoisotopic (exact) mass is 2340 g/mol. The van der Waals surface area contributed by atoms with E-state index in [0.29, 0.717) is 93.6 Å². The number of nitrogens with zero attached hydrogens (tertiary/aromatic N) is 10. The number of benzene rings is 5. The minimum atomic E-state index is -3.31. The number of aromatic amines is 1. The van der Waals surface area contributed by atoms with Gasteiger partial charge in [0.15, 0.2) is 27.3 Å². The smallest absolute Gasteiger partial charge is 0.407 e. The van der Waals surface area contributed by atoms with Gasteiger partial charge in [-0.3, -0.25) is 24.7 Å². The minimum Gasteiger partial charge on any atom is -0.407 e. The SMILES string of the molecule is CC(C)(O)CCl.CC(C)(O)Cn1cc(-c2ccc3c(I)cnn3c2)cn1.CC1(C)COB(c2cc(CS(C)(=O)=O)cc(-c3ncc(F)cc3F)c2)OC1.CC1(C)COB(c2cc(N)cc(-c3ncc(F)cc3F)c2)OC1.CC1(C)OB(c2cc(N)cc(Br)c2)OC1(C)C.Ic1cnn2cc(-c3cn[nH]c3)ccc12.Nc1cc(Br)cc(-c2ncc(F)cc2F)c1.Nc1cc(Br)cc(Br)c1. The Balaban J connectivity index is 0.000000162. The van der Waals surface area contributed by atoms with Crippen molar-refractivity contribution in [3.8, 4) is 56.0 Å². The van der Waals surface area contributed by atoms with Crippen LogP contribution in [0.3, 0.4) is 0 Å². The minimum absolute atomic E-state index is 0.0380. The van der Waals surface area contributed by atoms with Gasteiger partial charge in [-0.1, -0.05) is 122 Å². The summed E-state index contributed by atoms with van der Waals surface area (Å²) in [5.74, 6) is -4.43. The molecular formula is C91H97B3Br4ClF6I2N15O10S. The Kier molecular flexibility index (Phi) is 36.7. The molecule has 0 saturated carbocycles. The summed E-state index contributed by atoms with van der Waals surface area (Å²) in [6.07, 6.45) is 19.1. The van der Waals surface area contributed by atoms with Crippen LogP contribution in [0.25, 0.3) is 67.1 Å². The molecule has 3 aliphatic heterocycles. The van der Waals surface area contributed by atoms with Crippen molar-refractivity contribution < 1.29 is 72.9 Å². The maximum absolute atomic E-state index is 14.2. The summed E-state index contributed by atoms with van der Waals surface area (Å²) in [7, 11) is -4.93. The van der Waals surface area contributed by atoms with E-state index in [0.717, 1.165) is 108 Å². The van der Waals surface area contributed by atoms with E-state index >= 15 is 0 Å². The van der Waals surface area contributed by atoms with Crippen LogP contribution in [0, 0.1) is 52.9 Å². The standard InChI is InChI=1S/C18H20BF2NO4S.C16H17BF2N2O2.C14H15IN4O.C12H17BBrNO2.C11H7BrF2N2.C10H7IN4.C6H5Br2N.C4H9ClO/c1-18(2)10-25-19(26-11-18)14-5-12(9-27(3,23)24)4-13(6-14)17-16(21)7-15(20)8-22-17;1-16(2)8-22-17(23-9-16)11-3-10(4-13(20)5-11)15-14(19)6-12(18)7-21-15;1-14(2,20)9-18-7-11(5-16-18)10-3-4-13-12(15)6-17-19(13)8-10;1-11(2)12(3,4)17-13(16-11)8-5-9(14)7-10(15)6-8;12-7-1-6(2-9(15)3-7)11-10(14)4-8(13)5-16-11;11-9-5-14-15-6-7(1-2-10(9)15)8-3-12-13-4-8;7-4-1-5(8)3-6(9)2-4;1-4(2,6)3-5/h4-8H,9-11H2,1-3H3;3-7H,8-9,20H2,1-2H3;3-8,20H,9H2,1-2H3;5-7H,15H2,1-4H3;1-5H,15H2;1-6H,(H,12,13);1-3H,9H2;6H,3H2,1-2H3. The Morgan fingerprint density at radius 1 is 0.466 bits per heavy atom. The molecule has 0 bridgehead atoms. The first kappa shape index (κ1) is 107. The lowest BCUT2D eigenvalue weighted by Gasteiger charge is -2.33. The molecule has 12 heterocycles. The van der Waals surface area contributed by atoms with Gasteiger partial charge in [-0.25, -0.2) is 43.8 Å². The van der Waals surface area contributed by atoms with E-state index in [1.165, 1.54) is 6.07 Å². The molecule has 133 heavy (non-hydrogen) atoms. The highest BCUT2D eigenvalue weighted by Crippen LogP contribution is 2.38. The summed E-state index contributed by atoms with van der Waals surface area (Å²) in [5.41, 5.74) is 33.4. The van der Waals surface area contributed by atoms with Crippen molar-refractivity contribution in [3.05, 3.63) is 267 Å². The lowest BCUT2D eigenvalue weighted by Crippen LogP contribution is -2.47. The van der Waals surface area contributed by atoms with Gasteiger partial charge in [-0.15, -0.1) is 11.6 Å². The molecule has 0 spiro atoms. The van der Waals surface area contributed by atoms with Crippen LogP contribution in [0.5, 0.6) is 0 Å². The van der Waals surface area contributed by atoms with Crippen molar-refractivity contribution in [2.24, 2.45) is 10.8 Å². The third-order valence-corrected chi connectivity index (χ3v) is 24.6. The number of nitrogen functional groups attached to an aromatic ring is 4. The van der Waals surface area contributed by atoms with Crippen LogP contribution in [-0.2, 0) is 50.1 Å². The second-order valence-corrected chi connectivity index (χ2v) is 43.5. The van der Waals surface area contributed by atoms with Gasteiger partial charge >= 0.3 is 21.4 Å². The Morgan fingerprint density at radius 3 is 1.24 bits per heavy atom. The third kappa shape index (κ3) is 32.1. The van der Waals surface area contributed by atoms with E-state index in [-0.39, 0.29) is 52.0 Å². The largest absolute Gasteiger partial charge is 0.494 e. The quantitative estimate of drug-likeness (QED) is 0.0185. The fourth-order valence-electron chi connectivity index (χ4n) is 12.7. The van der Waals surface area contributed by atoms with Gasteiger partial charge in [0.05, 0.1) is 102 Å². The molecule has 14 aromatic rings. The Morgan fingerprint density at radius 2 is 0.850 bits per heavy atom. The number of hydrogen-bond donors (Lipinski definition) is 7. The summed E-state index contributed by atoms with van der Waals surface area (Å²) in [5, 5.41) is 38.1. The highest BCUT2D eigenvalue weighted by atomic mass is 127. The number of aliphatic hydroxyl groups is 2. The van der Waals surface area contributed by atoms with Gasteiger partial charge < -0.3 is 61.1 Å². The van der Waals surface area contributed by atoms with Gasteiger partial charge in [-0.05, 0) is 207 Å². The zero-order valence-electron chi connectivity index (χ0n) is 74.5. The number of halogens is 13. The molecule has 5 aromatic carbocycles. The maximum atomic E-state index is 14.2. The van der Waals surface area contributed by atoms with Crippen LogP contribution >= 0.6 is 121 Å². The number of H-pyrrole nitrogens is 1. The van der Waals surface area contributed by atoms with Crippen LogP contribution < -0.4 is 39.3 Å². The average Bonchev–Trinajstić information content (AvgIpc) is 1.58. The molecular weight excluding hydrogens is 2250 g/mol. The number of fused-ring (bicyclic) bond motifs is 2. The highest BCUT2D eigenvalue weighted by Gasteiger charge is 2.52. The predicted octanol–water partition coefficient (Wildman–Crippen LogP) is 19.1. The zero-order valence-corrected chi connectivity index (χ0v) is 86.7. The van der Waals surface area contributed by atoms with Gasteiger partial charge in [0.1, 0.15) is 34.5 Å². The van der Waals surface area contributed by atoms with Crippen LogP contribution in [0.4, 0.5) is 49.1 Å². The number of aromatic nitrogens is 11. The number of hydrogen-bond acceptors (Lipinski definition) is 21. The molecule has 17 rings (SSSR count). The summed E-state index contributed by atoms with van der Waals surface area (Å²) >= 11 is 23.1. The predicted molar refractivity (Wildman–Crippen MR) is 544 cm³/mol. The van der Waals surface area contributed by atoms with E-state index in [2.05, 4.69) is 174 Å². The molecule has 3 saturated heterocycles. The fourth-order valence-corrected chi connectivity index (χ4v) is 16.9. The number of pyridine rings is 5. The Labute approximate surface area is 834 Å². The maximum Gasteiger partial charge on any atom is 0.494 e. The molecule has 0 radical (unpaired) electrons. The molecule has 3 fully saturated rings. The van der Waals surface area contributed by atoms with E-state index in [1.54, 1.807) is 93.3 Å². The van der Waals surface area contributed by atoms with E-state index in [1.807, 2.05) is 138 Å². The highest BCUT2D eigenvalue weighted by molar-refractivity contribution is 14.1. The zero-order chi connectivity index (χ0) is 97.6. The molecule has 702 valence electrons. The molecule has 42 heteroatoms. The van der Waals surface area contributed by atoms with E-state index < -0.39 is 70.2 Å². The number of rotatable bonds is 13.